The first-order valence-corrected chi connectivity index (χ1v) is 7.38. The molecule has 0 fully saturated rings. The summed E-state index contributed by atoms with van der Waals surface area (Å²) >= 11 is 6.33. The Morgan fingerprint density at radius 1 is 1.11 bits per heavy atom. The van der Waals surface area contributed by atoms with Crippen molar-refractivity contribution in [2.75, 3.05) is 6.61 Å². The number of ether oxygens (including phenoxy) is 1. The SMILES string of the molecule is ClC1C=C(c2cccc3c2OCCC3)CCCC1. The number of rotatable bonds is 1. The molecule has 0 radical (unpaired) electrons. The summed E-state index contributed by atoms with van der Waals surface area (Å²) < 4.78 is 5.90. The molecule has 96 valence electrons. The largest absolute Gasteiger partial charge is 0.493 e. The second-order valence-electron chi connectivity index (χ2n) is 5.20. The van der Waals surface area contributed by atoms with Crippen molar-refractivity contribution in [2.45, 2.75) is 43.9 Å². The van der Waals surface area contributed by atoms with Gasteiger partial charge in [0, 0.05) is 5.56 Å². The van der Waals surface area contributed by atoms with E-state index in [1.54, 1.807) is 0 Å². The number of aryl methyl sites for hydroxylation is 1. The molecule has 0 amide bonds. The van der Waals surface area contributed by atoms with Gasteiger partial charge in [-0.25, -0.2) is 0 Å². The number of para-hydroxylation sites is 1. The van der Waals surface area contributed by atoms with Crippen LogP contribution in [0, 0.1) is 0 Å². The van der Waals surface area contributed by atoms with Crippen molar-refractivity contribution in [3.05, 3.63) is 35.4 Å². The first kappa shape index (κ1) is 12.1. The van der Waals surface area contributed by atoms with E-state index in [0.29, 0.717) is 0 Å². The third-order valence-electron chi connectivity index (χ3n) is 3.84. The zero-order chi connectivity index (χ0) is 12.4. The molecule has 1 unspecified atom stereocenters. The number of allylic oxidation sites excluding steroid dienone is 2. The Morgan fingerprint density at radius 3 is 3.00 bits per heavy atom. The molecule has 3 rings (SSSR count). The van der Waals surface area contributed by atoms with E-state index in [1.165, 1.54) is 29.5 Å². The van der Waals surface area contributed by atoms with Crippen LogP contribution in [0.2, 0.25) is 0 Å². The van der Waals surface area contributed by atoms with Crippen LogP contribution in [0.25, 0.3) is 5.57 Å². The maximum atomic E-state index is 6.33. The summed E-state index contributed by atoms with van der Waals surface area (Å²) in [7, 11) is 0. The fourth-order valence-electron chi connectivity index (χ4n) is 2.91. The molecule has 0 saturated heterocycles. The van der Waals surface area contributed by atoms with E-state index in [0.717, 1.165) is 38.0 Å². The van der Waals surface area contributed by atoms with Crippen LogP contribution in [0.3, 0.4) is 0 Å². The molecule has 0 bridgehead atoms. The third-order valence-corrected chi connectivity index (χ3v) is 4.18. The monoisotopic (exact) mass is 262 g/mol. The van der Waals surface area contributed by atoms with E-state index < -0.39 is 0 Å². The van der Waals surface area contributed by atoms with Gasteiger partial charge in [0.25, 0.3) is 0 Å². The van der Waals surface area contributed by atoms with Crippen LogP contribution < -0.4 is 4.74 Å². The fourth-order valence-corrected chi connectivity index (χ4v) is 3.21. The summed E-state index contributed by atoms with van der Waals surface area (Å²) in [6, 6.07) is 6.52. The highest BCUT2D eigenvalue weighted by atomic mass is 35.5. The van der Waals surface area contributed by atoms with Gasteiger partial charge in [-0.05, 0) is 43.2 Å². The van der Waals surface area contributed by atoms with Crippen LogP contribution in [-0.2, 0) is 6.42 Å². The Labute approximate surface area is 114 Å². The van der Waals surface area contributed by atoms with Crippen molar-refractivity contribution in [1.82, 2.24) is 0 Å². The van der Waals surface area contributed by atoms with Crippen LogP contribution >= 0.6 is 11.6 Å². The van der Waals surface area contributed by atoms with Crippen molar-refractivity contribution in [1.29, 1.82) is 0 Å². The Morgan fingerprint density at radius 2 is 2.06 bits per heavy atom. The second-order valence-corrected chi connectivity index (χ2v) is 5.76. The van der Waals surface area contributed by atoms with Crippen LogP contribution in [0.4, 0.5) is 0 Å². The number of hydrogen-bond acceptors (Lipinski definition) is 1. The number of fused-ring (bicyclic) bond motifs is 1. The molecule has 1 aliphatic heterocycles. The molecular formula is C16H19ClO. The maximum absolute atomic E-state index is 6.33. The zero-order valence-corrected chi connectivity index (χ0v) is 11.4. The molecule has 1 atom stereocenters. The van der Waals surface area contributed by atoms with E-state index in [1.807, 2.05) is 0 Å². The highest BCUT2D eigenvalue weighted by molar-refractivity contribution is 6.22. The van der Waals surface area contributed by atoms with Gasteiger partial charge in [-0.2, -0.15) is 0 Å². The Kier molecular flexibility index (Phi) is 3.60. The zero-order valence-electron chi connectivity index (χ0n) is 10.6. The van der Waals surface area contributed by atoms with E-state index in [2.05, 4.69) is 24.3 Å². The van der Waals surface area contributed by atoms with Gasteiger partial charge in [-0.1, -0.05) is 30.7 Å². The van der Waals surface area contributed by atoms with Crippen molar-refractivity contribution >= 4 is 17.2 Å². The molecule has 0 spiro atoms. The van der Waals surface area contributed by atoms with Crippen LogP contribution in [0.5, 0.6) is 5.75 Å². The van der Waals surface area contributed by atoms with Gasteiger partial charge in [0.1, 0.15) is 5.75 Å². The average Bonchev–Trinajstić information content (AvgIpc) is 2.63. The molecule has 1 heterocycles. The van der Waals surface area contributed by atoms with E-state index in [4.69, 9.17) is 16.3 Å². The summed E-state index contributed by atoms with van der Waals surface area (Å²) in [6.07, 6.45) is 9.20. The minimum absolute atomic E-state index is 0.182. The molecule has 0 N–H and O–H groups in total. The van der Waals surface area contributed by atoms with E-state index >= 15 is 0 Å². The lowest BCUT2D eigenvalue weighted by atomic mass is 9.95. The number of alkyl halides is 1. The molecule has 18 heavy (non-hydrogen) atoms. The van der Waals surface area contributed by atoms with Gasteiger partial charge in [-0.3, -0.25) is 0 Å². The van der Waals surface area contributed by atoms with Crippen LogP contribution in [0.1, 0.15) is 43.2 Å². The van der Waals surface area contributed by atoms with Crippen LogP contribution in [-0.4, -0.2) is 12.0 Å². The molecule has 1 nitrogen and oxygen atoms in total. The van der Waals surface area contributed by atoms with Gasteiger partial charge >= 0.3 is 0 Å². The smallest absolute Gasteiger partial charge is 0.129 e. The highest BCUT2D eigenvalue weighted by Crippen LogP contribution is 2.37. The molecule has 1 aromatic rings. The quantitative estimate of drug-likeness (QED) is 0.674. The lowest BCUT2D eigenvalue weighted by molar-refractivity contribution is 0.287. The van der Waals surface area contributed by atoms with Crippen molar-refractivity contribution < 1.29 is 4.74 Å². The van der Waals surface area contributed by atoms with Gasteiger partial charge in [0.05, 0.1) is 12.0 Å². The predicted molar refractivity (Wildman–Crippen MR) is 76.3 cm³/mol. The summed E-state index contributed by atoms with van der Waals surface area (Å²) in [5.74, 6) is 1.11. The molecular weight excluding hydrogens is 244 g/mol. The van der Waals surface area contributed by atoms with Crippen molar-refractivity contribution in [3.63, 3.8) is 0 Å². The van der Waals surface area contributed by atoms with Gasteiger partial charge in [-0.15, -0.1) is 11.6 Å². The van der Waals surface area contributed by atoms with Gasteiger partial charge in [0.15, 0.2) is 0 Å². The van der Waals surface area contributed by atoms with Crippen molar-refractivity contribution in [2.24, 2.45) is 0 Å². The molecule has 1 aromatic carbocycles. The Balaban J connectivity index is 2.00. The topological polar surface area (TPSA) is 9.23 Å². The molecule has 0 saturated carbocycles. The summed E-state index contributed by atoms with van der Waals surface area (Å²) in [6.45, 7) is 0.849. The van der Waals surface area contributed by atoms with Gasteiger partial charge < -0.3 is 4.74 Å². The minimum atomic E-state index is 0.182. The molecule has 0 aromatic heterocycles. The number of benzene rings is 1. The summed E-state index contributed by atoms with van der Waals surface area (Å²) in [5.41, 5.74) is 4.01. The average molecular weight is 263 g/mol. The summed E-state index contributed by atoms with van der Waals surface area (Å²) in [5, 5.41) is 0.182. The minimum Gasteiger partial charge on any atom is -0.493 e. The van der Waals surface area contributed by atoms with Gasteiger partial charge in [0.2, 0.25) is 0 Å². The van der Waals surface area contributed by atoms with E-state index in [-0.39, 0.29) is 5.38 Å². The lowest BCUT2D eigenvalue weighted by Gasteiger charge is -2.21. The van der Waals surface area contributed by atoms with E-state index in [9.17, 15) is 0 Å². The molecule has 1 aliphatic carbocycles. The lowest BCUT2D eigenvalue weighted by Crippen LogP contribution is -2.10. The second kappa shape index (κ2) is 5.36. The Bertz CT molecular complexity index is 464. The predicted octanol–water partition coefficient (Wildman–Crippen LogP) is 4.58. The summed E-state index contributed by atoms with van der Waals surface area (Å²) in [4.78, 5) is 0. The first-order valence-electron chi connectivity index (χ1n) is 6.94. The third kappa shape index (κ3) is 2.42. The van der Waals surface area contributed by atoms with Crippen LogP contribution in [0.15, 0.2) is 24.3 Å². The number of hydrogen-bond donors (Lipinski definition) is 0. The molecule has 2 heteroatoms. The fraction of sp³-hybridized carbons (Fsp3) is 0.500. The maximum Gasteiger partial charge on any atom is 0.129 e. The Hall–Kier alpha value is -0.950. The highest BCUT2D eigenvalue weighted by Gasteiger charge is 2.18. The molecule has 2 aliphatic rings. The standard InChI is InChI=1S/C16H19ClO/c17-14-8-2-1-5-13(11-14)15-9-3-6-12-7-4-10-18-16(12)15/h3,6,9,11,14H,1-2,4-5,7-8,10H2. The number of halogens is 1. The normalized spacial score (nSPS) is 23.6. The van der Waals surface area contributed by atoms with Crippen molar-refractivity contribution in [3.8, 4) is 5.75 Å². The first-order chi connectivity index (χ1) is 8.84.